The van der Waals surface area contributed by atoms with E-state index in [2.05, 4.69) is 11.0 Å². The van der Waals surface area contributed by atoms with Crippen LogP contribution in [0.5, 0.6) is 17.2 Å². The minimum Gasteiger partial charge on any atom is -0.508 e. The number of allylic oxidation sites excluding steroid dienone is 1. The molecule has 6 nitrogen and oxygen atoms in total. The minimum atomic E-state index is 0.165. The standard InChI is InChI=1S/C30H33NO5/c32-22-17-21-10-15-34-19-26(21)28-25(18-22)30-24(5-4-14-36-30)27(29(28)33)20-6-8-23(9-7-20)35-16-13-31-11-2-1-3-12-31/h5-9,17-18,32-33H,1-4,10-16,19H2. The van der Waals surface area contributed by atoms with Crippen molar-refractivity contribution in [1.29, 1.82) is 0 Å². The maximum absolute atomic E-state index is 11.7. The maximum atomic E-state index is 11.7. The zero-order valence-electron chi connectivity index (χ0n) is 20.6. The number of likely N-dealkylation sites (tertiary alicyclic amines) is 1. The number of aliphatic hydroxyl groups is 1. The van der Waals surface area contributed by atoms with E-state index in [0.29, 0.717) is 49.4 Å². The molecular formula is C30H33NO5. The first-order valence-corrected chi connectivity index (χ1v) is 13.1. The molecular weight excluding hydrogens is 454 g/mol. The Morgan fingerprint density at radius 1 is 0.972 bits per heavy atom. The lowest BCUT2D eigenvalue weighted by Gasteiger charge is -2.26. The number of aromatic hydroxyl groups is 1. The molecule has 0 radical (unpaired) electrons. The molecule has 2 fully saturated rings. The summed E-state index contributed by atoms with van der Waals surface area (Å²) in [6, 6.07) is 7.95. The Hall–Kier alpha value is -3.22. The third kappa shape index (κ3) is 4.40. The van der Waals surface area contributed by atoms with Gasteiger partial charge in [0.15, 0.2) is 0 Å². The van der Waals surface area contributed by atoms with E-state index in [-0.39, 0.29) is 11.5 Å². The van der Waals surface area contributed by atoms with Crippen LogP contribution in [0.2, 0.25) is 0 Å². The topological polar surface area (TPSA) is 71.4 Å². The molecule has 0 aromatic heterocycles. The Balaban J connectivity index is 1.38. The van der Waals surface area contributed by atoms with Gasteiger partial charge in [0.25, 0.3) is 0 Å². The maximum Gasteiger partial charge on any atom is 0.135 e. The van der Waals surface area contributed by atoms with Crippen molar-refractivity contribution in [3.8, 4) is 28.4 Å². The van der Waals surface area contributed by atoms with E-state index in [1.165, 1.54) is 19.3 Å². The molecule has 2 aromatic rings. The number of aliphatic hydroxyl groups excluding tert-OH is 1. The number of hydrogen-bond donors (Lipinski definition) is 2. The van der Waals surface area contributed by atoms with Gasteiger partial charge in [0, 0.05) is 34.5 Å². The van der Waals surface area contributed by atoms with Crippen LogP contribution in [0.25, 0.3) is 28.9 Å². The number of phenolic OH excluding ortho intramolecular Hbond substituents is 1. The summed E-state index contributed by atoms with van der Waals surface area (Å²) in [6.45, 7) is 5.50. The number of piperidine rings is 1. The summed E-state index contributed by atoms with van der Waals surface area (Å²) in [5.41, 5.74) is 4.26. The average Bonchev–Trinajstić information content (AvgIpc) is 3.06. The van der Waals surface area contributed by atoms with Crippen LogP contribution in [0, 0.1) is 0 Å². The molecule has 6 rings (SSSR count). The Bertz CT molecular complexity index is 1330. The average molecular weight is 488 g/mol. The lowest BCUT2D eigenvalue weighted by Crippen LogP contribution is -2.33. The van der Waals surface area contributed by atoms with E-state index in [1.54, 1.807) is 12.2 Å². The van der Waals surface area contributed by atoms with Gasteiger partial charge in [-0.25, -0.2) is 0 Å². The highest BCUT2D eigenvalue weighted by molar-refractivity contribution is 5.85. The van der Waals surface area contributed by atoms with E-state index < -0.39 is 0 Å². The molecule has 0 saturated carbocycles. The van der Waals surface area contributed by atoms with Gasteiger partial charge in [-0.1, -0.05) is 24.6 Å². The zero-order valence-corrected chi connectivity index (χ0v) is 20.6. The van der Waals surface area contributed by atoms with E-state index >= 15 is 0 Å². The summed E-state index contributed by atoms with van der Waals surface area (Å²) >= 11 is 0. The molecule has 2 N–H and O–H groups in total. The van der Waals surface area contributed by atoms with E-state index in [0.717, 1.165) is 59.3 Å². The molecule has 4 aliphatic rings. The van der Waals surface area contributed by atoms with Gasteiger partial charge >= 0.3 is 0 Å². The third-order valence-electron chi connectivity index (χ3n) is 7.55. The lowest BCUT2D eigenvalue weighted by molar-refractivity contribution is 0.158. The number of nitrogens with zero attached hydrogens (tertiary/aromatic N) is 1. The summed E-state index contributed by atoms with van der Waals surface area (Å²) in [7, 11) is 0. The molecule has 0 amide bonds. The summed E-state index contributed by atoms with van der Waals surface area (Å²) in [4.78, 5) is 2.47. The first-order valence-electron chi connectivity index (χ1n) is 13.1. The molecule has 6 heteroatoms. The van der Waals surface area contributed by atoms with Crippen molar-refractivity contribution in [3.63, 3.8) is 0 Å². The summed E-state index contributed by atoms with van der Waals surface area (Å²) in [5.74, 6) is 1.89. The molecule has 188 valence electrons. The van der Waals surface area contributed by atoms with Crippen molar-refractivity contribution in [3.05, 3.63) is 57.7 Å². The largest absolute Gasteiger partial charge is 0.508 e. The molecule has 0 spiro atoms. The monoisotopic (exact) mass is 487 g/mol. The Morgan fingerprint density at radius 3 is 2.64 bits per heavy atom. The van der Waals surface area contributed by atoms with Crippen LogP contribution >= 0.6 is 0 Å². The van der Waals surface area contributed by atoms with Gasteiger partial charge in [-0.05, 0) is 73.3 Å². The normalized spacial score (nSPS) is 19.5. The van der Waals surface area contributed by atoms with E-state index in [9.17, 15) is 10.2 Å². The van der Waals surface area contributed by atoms with Crippen molar-refractivity contribution in [2.45, 2.75) is 32.1 Å². The fraction of sp³-hybridized carbons (Fsp3) is 0.400. The molecule has 1 aliphatic carbocycles. The van der Waals surface area contributed by atoms with E-state index in [4.69, 9.17) is 14.2 Å². The molecule has 36 heavy (non-hydrogen) atoms. The quantitative estimate of drug-likeness (QED) is 0.667. The zero-order chi connectivity index (χ0) is 24.5. The van der Waals surface area contributed by atoms with Crippen molar-refractivity contribution in [1.82, 2.24) is 4.90 Å². The van der Waals surface area contributed by atoms with Crippen molar-refractivity contribution < 1.29 is 24.4 Å². The van der Waals surface area contributed by atoms with Crippen molar-refractivity contribution in [2.24, 2.45) is 0 Å². The second kappa shape index (κ2) is 10.0. The highest BCUT2D eigenvalue weighted by atomic mass is 16.5. The second-order valence-electron chi connectivity index (χ2n) is 9.89. The van der Waals surface area contributed by atoms with Crippen LogP contribution in [0.1, 0.15) is 37.7 Å². The highest BCUT2D eigenvalue weighted by Gasteiger charge is 2.26. The predicted molar refractivity (Wildman–Crippen MR) is 141 cm³/mol. The van der Waals surface area contributed by atoms with Crippen LogP contribution in [0.3, 0.4) is 0 Å². The number of fused-ring (bicyclic) bond motifs is 4. The Morgan fingerprint density at radius 2 is 1.81 bits per heavy atom. The smallest absolute Gasteiger partial charge is 0.135 e. The fourth-order valence-corrected chi connectivity index (χ4v) is 5.76. The third-order valence-corrected chi connectivity index (χ3v) is 7.55. The Kier molecular flexibility index (Phi) is 6.46. The van der Waals surface area contributed by atoms with Gasteiger partial charge in [0.05, 0.1) is 19.8 Å². The summed E-state index contributed by atoms with van der Waals surface area (Å²) in [6.07, 6.45) is 10.9. The van der Waals surface area contributed by atoms with E-state index in [1.807, 2.05) is 24.3 Å². The second-order valence-corrected chi connectivity index (χ2v) is 9.89. The molecule has 2 saturated heterocycles. The predicted octanol–water partition coefficient (Wildman–Crippen LogP) is 3.90. The number of hydrogen-bond acceptors (Lipinski definition) is 6. The van der Waals surface area contributed by atoms with Gasteiger partial charge in [0.2, 0.25) is 0 Å². The van der Waals surface area contributed by atoms with Crippen LogP contribution in [-0.2, 0) is 4.74 Å². The van der Waals surface area contributed by atoms with Gasteiger partial charge in [-0.15, -0.1) is 0 Å². The van der Waals surface area contributed by atoms with Gasteiger partial charge in [-0.2, -0.15) is 0 Å². The highest BCUT2D eigenvalue weighted by Crippen LogP contribution is 2.35. The molecule has 3 heterocycles. The first kappa shape index (κ1) is 23.2. The number of benzene rings is 2. The van der Waals surface area contributed by atoms with Crippen LogP contribution in [0.15, 0.2) is 41.7 Å². The molecule has 0 atom stereocenters. The summed E-state index contributed by atoms with van der Waals surface area (Å²) in [5, 5.41) is 23.9. The van der Waals surface area contributed by atoms with Crippen molar-refractivity contribution >= 4 is 17.7 Å². The number of ether oxygens (including phenoxy) is 3. The molecule has 2 aromatic carbocycles. The van der Waals surface area contributed by atoms with Crippen LogP contribution < -0.4 is 19.9 Å². The Labute approximate surface area is 211 Å². The number of rotatable bonds is 5. The first-order chi connectivity index (χ1) is 17.7. The fourth-order valence-electron chi connectivity index (χ4n) is 5.76. The molecule has 0 bridgehead atoms. The van der Waals surface area contributed by atoms with Gasteiger partial charge in [-0.3, -0.25) is 4.90 Å². The van der Waals surface area contributed by atoms with Crippen molar-refractivity contribution in [2.75, 3.05) is 46.1 Å². The molecule has 3 aliphatic heterocycles. The van der Waals surface area contributed by atoms with Crippen LogP contribution in [-0.4, -0.2) is 61.2 Å². The molecule has 0 unspecified atom stereocenters. The van der Waals surface area contributed by atoms with Crippen LogP contribution in [0.4, 0.5) is 0 Å². The summed E-state index contributed by atoms with van der Waals surface area (Å²) < 4.78 is 18.0. The minimum absolute atomic E-state index is 0.165. The number of phenols is 1. The lowest BCUT2D eigenvalue weighted by atomic mass is 9.91. The SMILES string of the molecule is OC1=Cc2c3c(c(-c4ccc(OCCN5CCCCC5)cc4)c(O)c2=C2COCCC2=C1)=CCCO3. The van der Waals surface area contributed by atoms with Gasteiger partial charge < -0.3 is 24.4 Å². The van der Waals surface area contributed by atoms with Gasteiger partial charge in [0.1, 0.15) is 29.6 Å².